The van der Waals surface area contributed by atoms with Crippen molar-refractivity contribution in [3.05, 3.63) is 34.1 Å². The number of carbonyl (C=O) groups is 1. The summed E-state index contributed by atoms with van der Waals surface area (Å²) in [6.07, 6.45) is 3.68. The van der Waals surface area contributed by atoms with Gasteiger partial charge in [0.05, 0.1) is 12.1 Å². The molecule has 2 aromatic rings. The number of ether oxygens (including phenoxy) is 1. The number of hydrogen-bond acceptors (Lipinski definition) is 5. The van der Waals surface area contributed by atoms with Crippen LogP contribution in [-0.2, 0) is 0 Å². The maximum absolute atomic E-state index is 12.4. The van der Waals surface area contributed by atoms with Crippen molar-refractivity contribution >= 4 is 16.9 Å². The van der Waals surface area contributed by atoms with Gasteiger partial charge in [-0.1, -0.05) is 0 Å². The molecule has 0 aliphatic rings. The number of nitrogens with one attached hydrogen (secondary N) is 2. The maximum atomic E-state index is 12.4. The average molecular weight is 319 g/mol. The zero-order chi connectivity index (χ0) is 16.7. The summed E-state index contributed by atoms with van der Waals surface area (Å²) < 4.78 is 5.29. The molecule has 2 aromatic heterocycles. The first-order chi connectivity index (χ1) is 11.2. The van der Waals surface area contributed by atoms with E-state index in [1.165, 1.54) is 6.20 Å². The van der Waals surface area contributed by atoms with Gasteiger partial charge in [0, 0.05) is 25.4 Å². The second kappa shape index (κ2) is 8.28. The molecule has 0 atom stereocenters. The highest BCUT2D eigenvalue weighted by atomic mass is 16.5. The van der Waals surface area contributed by atoms with Gasteiger partial charge < -0.3 is 20.1 Å². The van der Waals surface area contributed by atoms with Gasteiger partial charge in [-0.05, 0) is 32.3 Å². The Labute approximate surface area is 133 Å². The van der Waals surface area contributed by atoms with Crippen LogP contribution in [0.15, 0.2) is 23.1 Å². The predicted molar refractivity (Wildman–Crippen MR) is 86.8 cm³/mol. The standard InChI is InChI=1S/C16H21N3O4/c1-2-23-13-7-6-12-14(19-13)15(21)11(10-18-12)16(22)17-8-4-3-5-9-20/h6-7,10,20H,2-5,8-9H2,1H3,(H,17,22)(H,18,21). The second-order valence-electron chi connectivity index (χ2n) is 5.05. The molecule has 0 aliphatic carbocycles. The van der Waals surface area contributed by atoms with Gasteiger partial charge in [0.2, 0.25) is 11.3 Å². The van der Waals surface area contributed by atoms with E-state index in [-0.39, 0.29) is 17.7 Å². The Bertz CT molecular complexity index is 727. The number of carbonyl (C=O) groups excluding carboxylic acids is 1. The van der Waals surface area contributed by atoms with Crippen LogP contribution in [0.3, 0.4) is 0 Å². The van der Waals surface area contributed by atoms with E-state index in [1.807, 2.05) is 6.92 Å². The van der Waals surface area contributed by atoms with Crippen molar-refractivity contribution in [2.75, 3.05) is 19.8 Å². The first kappa shape index (κ1) is 17.0. The fourth-order valence-electron chi connectivity index (χ4n) is 2.18. The van der Waals surface area contributed by atoms with Crippen LogP contribution in [-0.4, -0.2) is 40.7 Å². The largest absolute Gasteiger partial charge is 0.478 e. The minimum Gasteiger partial charge on any atom is -0.478 e. The molecule has 0 saturated carbocycles. The zero-order valence-corrected chi connectivity index (χ0v) is 13.1. The van der Waals surface area contributed by atoms with Gasteiger partial charge in [0.25, 0.3) is 5.91 Å². The Kier molecular flexibility index (Phi) is 6.10. The van der Waals surface area contributed by atoms with Gasteiger partial charge >= 0.3 is 0 Å². The lowest BCUT2D eigenvalue weighted by atomic mass is 10.2. The molecule has 2 rings (SSSR count). The van der Waals surface area contributed by atoms with E-state index in [2.05, 4.69) is 15.3 Å². The monoisotopic (exact) mass is 319 g/mol. The summed E-state index contributed by atoms with van der Waals surface area (Å²) in [4.78, 5) is 31.6. The molecule has 2 heterocycles. The number of rotatable bonds is 8. The zero-order valence-electron chi connectivity index (χ0n) is 13.1. The fraction of sp³-hybridized carbons (Fsp3) is 0.438. The SMILES string of the molecule is CCOc1ccc2[nH]cc(C(=O)NCCCCCO)c(=O)c2n1. The molecule has 0 radical (unpaired) electrons. The summed E-state index contributed by atoms with van der Waals surface area (Å²) in [5, 5.41) is 11.4. The van der Waals surface area contributed by atoms with Crippen LogP contribution >= 0.6 is 0 Å². The second-order valence-corrected chi connectivity index (χ2v) is 5.05. The van der Waals surface area contributed by atoms with E-state index < -0.39 is 11.3 Å². The highest BCUT2D eigenvalue weighted by Gasteiger charge is 2.14. The third-order valence-electron chi connectivity index (χ3n) is 3.36. The predicted octanol–water partition coefficient (Wildman–Crippen LogP) is 1.21. The lowest BCUT2D eigenvalue weighted by molar-refractivity contribution is 0.0951. The molecule has 0 bridgehead atoms. The van der Waals surface area contributed by atoms with Gasteiger partial charge in [0.1, 0.15) is 11.1 Å². The van der Waals surface area contributed by atoms with Crippen LogP contribution in [0.4, 0.5) is 0 Å². The Hall–Kier alpha value is -2.41. The Morgan fingerprint density at radius 3 is 2.91 bits per heavy atom. The van der Waals surface area contributed by atoms with Gasteiger partial charge in [0.15, 0.2) is 0 Å². The Balaban J connectivity index is 2.15. The van der Waals surface area contributed by atoms with Crippen molar-refractivity contribution in [2.45, 2.75) is 26.2 Å². The number of pyridine rings is 2. The molecule has 0 unspecified atom stereocenters. The van der Waals surface area contributed by atoms with Crippen molar-refractivity contribution in [1.82, 2.24) is 15.3 Å². The van der Waals surface area contributed by atoms with Crippen LogP contribution in [0.5, 0.6) is 5.88 Å². The Morgan fingerprint density at radius 2 is 2.17 bits per heavy atom. The first-order valence-corrected chi connectivity index (χ1v) is 7.71. The number of aliphatic hydroxyl groups excluding tert-OH is 1. The molecule has 1 amide bonds. The molecule has 7 nitrogen and oxygen atoms in total. The van der Waals surface area contributed by atoms with E-state index in [4.69, 9.17) is 9.84 Å². The number of amides is 1. The first-order valence-electron chi connectivity index (χ1n) is 7.71. The Morgan fingerprint density at radius 1 is 1.35 bits per heavy atom. The summed E-state index contributed by atoms with van der Waals surface area (Å²) >= 11 is 0. The van der Waals surface area contributed by atoms with Crippen LogP contribution in [0.25, 0.3) is 11.0 Å². The van der Waals surface area contributed by atoms with Gasteiger partial charge in [-0.2, -0.15) is 0 Å². The third kappa shape index (κ3) is 4.29. The van der Waals surface area contributed by atoms with Crippen molar-refractivity contribution in [2.24, 2.45) is 0 Å². The molecule has 0 fully saturated rings. The summed E-state index contributed by atoms with van der Waals surface area (Å²) in [5.74, 6) is -0.0761. The number of unbranched alkanes of at least 4 members (excludes halogenated alkanes) is 2. The van der Waals surface area contributed by atoms with Crippen molar-refractivity contribution in [1.29, 1.82) is 0 Å². The lowest BCUT2D eigenvalue weighted by Crippen LogP contribution is -2.30. The molecule has 0 spiro atoms. The van der Waals surface area contributed by atoms with Crippen molar-refractivity contribution in [3.8, 4) is 5.88 Å². The molecule has 0 aromatic carbocycles. The molecule has 7 heteroatoms. The van der Waals surface area contributed by atoms with Gasteiger partial charge in [-0.3, -0.25) is 9.59 Å². The number of fused-ring (bicyclic) bond motifs is 1. The van der Waals surface area contributed by atoms with Crippen LogP contribution < -0.4 is 15.5 Å². The molecule has 124 valence electrons. The average Bonchev–Trinajstić information content (AvgIpc) is 2.55. The molecule has 3 N–H and O–H groups in total. The van der Waals surface area contributed by atoms with Crippen molar-refractivity contribution in [3.63, 3.8) is 0 Å². The van der Waals surface area contributed by atoms with E-state index in [0.717, 1.165) is 12.8 Å². The quantitative estimate of drug-likeness (QED) is 0.635. The van der Waals surface area contributed by atoms with Gasteiger partial charge in [-0.15, -0.1) is 0 Å². The van der Waals surface area contributed by atoms with E-state index >= 15 is 0 Å². The smallest absolute Gasteiger partial charge is 0.256 e. The summed E-state index contributed by atoms with van der Waals surface area (Å²) in [7, 11) is 0. The molecule has 0 saturated heterocycles. The van der Waals surface area contributed by atoms with Crippen molar-refractivity contribution < 1.29 is 14.6 Å². The topological polar surface area (TPSA) is 104 Å². The minimum absolute atomic E-state index is 0.0285. The maximum Gasteiger partial charge on any atom is 0.256 e. The highest BCUT2D eigenvalue weighted by Crippen LogP contribution is 2.12. The number of H-pyrrole nitrogens is 1. The summed E-state index contributed by atoms with van der Waals surface area (Å²) in [5.41, 5.74) is 0.343. The summed E-state index contributed by atoms with van der Waals surface area (Å²) in [6, 6.07) is 3.37. The third-order valence-corrected chi connectivity index (χ3v) is 3.36. The van der Waals surface area contributed by atoms with Gasteiger partial charge in [-0.25, -0.2) is 4.98 Å². The number of aliphatic hydroxyl groups is 1. The number of nitrogens with zero attached hydrogens (tertiary/aromatic N) is 1. The number of aromatic amines is 1. The van der Waals surface area contributed by atoms with E-state index in [1.54, 1.807) is 12.1 Å². The van der Waals surface area contributed by atoms with Crippen LogP contribution in [0.1, 0.15) is 36.5 Å². The van der Waals surface area contributed by atoms with E-state index in [9.17, 15) is 9.59 Å². The molecule has 0 aliphatic heterocycles. The van der Waals surface area contributed by atoms with Crippen LogP contribution in [0.2, 0.25) is 0 Å². The summed E-state index contributed by atoms with van der Waals surface area (Å²) in [6.45, 7) is 2.88. The fourth-order valence-corrected chi connectivity index (χ4v) is 2.18. The van der Waals surface area contributed by atoms with E-state index in [0.29, 0.717) is 31.0 Å². The minimum atomic E-state index is -0.430. The molecule has 23 heavy (non-hydrogen) atoms. The number of hydrogen-bond donors (Lipinski definition) is 3. The van der Waals surface area contributed by atoms with Crippen LogP contribution in [0, 0.1) is 0 Å². The lowest BCUT2D eigenvalue weighted by Gasteiger charge is -2.06. The molecular weight excluding hydrogens is 298 g/mol. The molecular formula is C16H21N3O4. The highest BCUT2D eigenvalue weighted by molar-refractivity contribution is 5.96. The number of aromatic nitrogens is 2. The normalized spacial score (nSPS) is 10.7.